The molecule has 24 heteroatoms. The monoisotopic (exact) mass is 1100 g/mol. The number of amides is 4. The predicted octanol–water partition coefficient (Wildman–Crippen LogP) is 3.91. The standard InChI is InChI=1S/2C28H34FN7O4/c2*1-28(2,39)24(29)16-35-15-18-12-22(32-26(37)21-14-31-36-6-3-5-30-25(21)36)23(13-20(18)27(35)38)34-9-7-33(8-10-34)19-4-11-40-17-19/h2*3,5-6,12-14,19,24,39H,4,7-11,15-17H2,1-2H3,(H,32,37)/t19-,24+;19-,24-/m01/s1. The Morgan fingerprint density at radius 1 is 0.637 bits per heavy atom. The largest absolute Gasteiger partial charge is 0.387 e. The van der Waals surface area contributed by atoms with E-state index in [4.69, 9.17) is 9.47 Å². The molecule has 0 spiro atoms. The molecule has 4 fully saturated rings. The van der Waals surface area contributed by atoms with E-state index < -0.39 is 23.5 Å². The van der Waals surface area contributed by atoms with E-state index in [1.54, 1.807) is 36.9 Å². The van der Waals surface area contributed by atoms with Crippen molar-refractivity contribution >= 4 is 57.7 Å². The molecule has 4 saturated heterocycles. The maximum Gasteiger partial charge on any atom is 0.261 e. The van der Waals surface area contributed by atoms with Crippen LogP contribution in [0, 0.1) is 0 Å². The van der Waals surface area contributed by atoms with Crippen LogP contribution in [0.25, 0.3) is 11.3 Å². The van der Waals surface area contributed by atoms with Gasteiger partial charge in [0.25, 0.3) is 23.6 Å². The van der Waals surface area contributed by atoms with Crippen LogP contribution >= 0.6 is 0 Å². The molecule has 424 valence electrons. The molecule has 2 aromatic carbocycles. The number of carbonyl (C=O) groups excluding carboxylic acids is 4. The Labute approximate surface area is 461 Å². The number of hydrogen-bond donors (Lipinski definition) is 4. The topological polar surface area (TPSA) is 231 Å². The molecule has 4 N–H and O–H groups in total. The minimum absolute atomic E-state index is 0.196. The first kappa shape index (κ1) is 54.7. The zero-order chi connectivity index (χ0) is 56.0. The van der Waals surface area contributed by atoms with Crippen LogP contribution in [0.2, 0.25) is 0 Å². The molecule has 0 bridgehead atoms. The van der Waals surface area contributed by atoms with Crippen LogP contribution in [0.3, 0.4) is 0 Å². The Balaban J connectivity index is 0.000000169. The summed E-state index contributed by atoms with van der Waals surface area (Å²) in [5.74, 6) is -1.28. The maximum atomic E-state index is 14.7. The molecule has 0 unspecified atom stereocenters. The highest BCUT2D eigenvalue weighted by Crippen LogP contribution is 2.38. The number of hydrogen-bond acceptors (Lipinski definition) is 16. The summed E-state index contributed by atoms with van der Waals surface area (Å²) in [7, 11) is 0. The smallest absolute Gasteiger partial charge is 0.261 e. The molecule has 22 nitrogen and oxygen atoms in total. The maximum absolute atomic E-state index is 14.7. The van der Waals surface area contributed by atoms with Gasteiger partial charge in [-0.3, -0.25) is 29.0 Å². The third-order valence-electron chi connectivity index (χ3n) is 16.2. The van der Waals surface area contributed by atoms with Crippen LogP contribution in [-0.2, 0) is 22.6 Å². The molecule has 0 aliphatic carbocycles. The molecule has 6 aliphatic heterocycles. The second-order valence-corrected chi connectivity index (χ2v) is 22.5. The Hall–Kier alpha value is -7.22. The highest BCUT2D eigenvalue weighted by atomic mass is 19.1. The Morgan fingerprint density at radius 3 is 1.40 bits per heavy atom. The fourth-order valence-corrected chi connectivity index (χ4v) is 11.3. The van der Waals surface area contributed by atoms with Crippen LogP contribution < -0.4 is 20.4 Å². The summed E-state index contributed by atoms with van der Waals surface area (Å²) in [5.41, 5.74) is 3.44. The van der Waals surface area contributed by atoms with Crippen molar-refractivity contribution < 1.29 is 47.6 Å². The van der Waals surface area contributed by atoms with Gasteiger partial charge in [0, 0.05) is 127 Å². The van der Waals surface area contributed by atoms with E-state index >= 15 is 0 Å². The molecule has 6 aromatic rings. The number of halogens is 2. The van der Waals surface area contributed by atoms with Gasteiger partial charge in [-0.1, -0.05) is 0 Å². The van der Waals surface area contributed by atoms with Crippen LogP contribution in [0.1, 0.15) is 93.1 Å². The molecule has 4 amide bonds. The van der Waals surface area contributed by atoms with Gasteiger partial charge in [0.1, 0.15) is 23.5 Å². The van der Waals surface area contributed by atoms with Crippen molar-refractivity contribution in [3.8, 4) is 0 Å². The minimum atomic E-state index is -1.60. The summed E-state index contributed by atoms with van der Waals surface area (Å²) >= 11 is 0. The van der Waals surface area contributed by atoms with E-state index in [0.29, 0.717) is 68.1 Å². The number of rotatable bonds is 14. The Kier molecular flexibility index (Phi) is 15.3. The summed E-state index contributed by atoms with van der Waals surface area (Å²) in [5, 5.41) is 34.7. The lowest BCUT2D eigenvalue weighted by Gasteiger charge is -2.39. The zero-order valence-electron chi connectivity index (χ0n) is 45.4. The van der Waals surface area contributed by atoms with Crippen LogP contribution in [0.5, 0.6) is 0 Å². The quantitative estimate of drug-likeness (QED) is 0.121. The number of fused-ring (bicyclic) bond motifs is 4. The molecular formula is C56H68F2N14O8. The zero-order valence-corrected chi connectivity index (χ0v) is 45.4. The fraction of sp³-hybridized carbons (Fsp3) is 0.500. The Bertz CT molecular complexity index is 3060. The second-order valence-electron chi connectivity index (χ2n) is 22.5. The van der Waals surface area contributed by atoms with Gasteiger partial charge in [0.2, 0.25) is 0 Å². The van der Waals surface area contributed by atoms with Crippen molar-refractivity contribution in [1.29, 1.82) is 0 Å². The number of nitrogens with zero attached hydrogens (tertiary/aromatic N) is 12. The number of piperazine rings is 2. The number of benzene rings is 2. The number of alkyl halides is 2. The number of ether oxygens (including phenoxy) is 2. The van der Waals surface area contributed by atoms with Gasteiger partial charge in [0.15, 0.2) is 11.3 Å². The summed E-state index contributed by atoms with van der Waals surface area (Å²) < 4.78 is 43.6. The van der Waals surface area contributed by atoms with E-state index in [2.05, 4.69) is 50.4 Å². The summed E-state index contributed by atoms with van der Waals surface area (Å²) in [6, 6.07) is 11.6. The molecule has 80 heavy (non-hydrogen) atoms. The Morgan fingerprint density at radius 2 is 1.04 bits per heavy atom. The first-order chi connectivity index (χ1) is 38.4. The number of anilines is 4. The summed E-state index contributed by atoms with van der Waals surface area (Å²) in [4.78, 5) is 74.2. The van der Waals surface area contributed by atoms with E-state index in [0.717, 1.165) is 103 Å². The summed E-state index contributed by atoms with van der Waals surface area (Å²) in [6.45, 7) is 14.8. The van der Waals surface area contributed by atoms with Crippen LogP contribution in [0.15, 0.2) is 73.6 Å². The van der Waals surface area contributed by atoms with Crippen molar-refractivity contribution in [2.75, 3.05) is 112 Å². The number of carbonyl (C=O) groups is 4. The fourth-order valence-electron chi connectivity index (χ4n) is 11.3. The predicted molar refractivity (Wildman–Crippen MR) is 293 cm³/mol. The molecule has 0 saturated carbocycles. The number of aromatic nitrogens is 6. The van der Waals surface area contributed by atoms with Gasteiger partial charge in [-0.15, -0.1) is 0 Å². The van der Waals surface area contributed by atoms with Crippen LogP contribution in [-0.4, -0.2) is 210 Å². The van der Waals surface area contributed by atoms with Crippen molar-refractivity contribution in [2.24, 2.45) is 0 Å². The van der Waals surface area contributed by atoms with Gasteiger partial charge in [0.05, 0.1) is 72.6 Å². The first-order valence-corrected chi connectivity index (χ1v) is 27.4. The van der Waals surface area contributed by atoms with Crippen molar-refractivity contribution in [3.05, 3.63) is 107 Å². The third-order valence-corrected chi connectivity index (χ3v) is 16.2. The average molecular weight is 1100 g/mol. The number of nitrogens with one attached hydrogen (secondary N) is 2. The third kappa shape index (κ3) is 11.3. The van der Waals surface area contributed by atoms with E-state index in [-0.39, 0.29) is 49.8 Å². The van der Waals surface area contributed by atoms with Gasteiger partial charge < -0.3 is 49.9 Å². The molecule has 12 rings (SSSR count). The van der Waals surface area contributed by atoms with E-state index in [1.165, 1.54) is 58.9 Å². The van der Waals surface area contributed by atoms with Gasteiger partial charge in [-0.25, -0.2) is 27.8 Å². The van der Waals surface area contributed by atoms with E-state index in [1.807, 2.05) is 24.3 Å². The van der Waals surface area contributed by atoms with Crippen molar-refractivity contribution in [2.45, 2.75) is 89.3 Å². The summed E-state index contributed by atoms with van der Waals surface area (Å²) in [6.07, 6.45) is 8.48. The first-order valence-electron chi connectivity index (χ1n) is 27.4. The van der Waals surface area contributed by atoms with Crippen LogP contribution in [0.4, 0.5) is 31.5 Å². The molecule has 4 atom stereocenters. The molecule has 10 heterocycles. The van der Waals surface area contributed by atoms with Gasteiger partial charge in [-0.05, 0) is 88.1 Å². The molecule has 4 aromatic heterocycles. The van der Waals surface area contributed by atoms with Gasteiger partial charge >= 0.3 is 0 Å². The normalized spacial score (nSPS) is 20.8. The number of aliphatic hydroxyl groups is 2. The van der Waals surface area contributed by atoms with E-state index in [9.17, 15) is 38.2 Å². The minimum Gasteiger partial charge on any atom is -0.387 e. The van der Waals surface area contributed by atoms with Crippen molar-refractivity contribution in [3.63, 3.8) is 0 Å². The lowest BCUT2D eigenvalue weighted by Crippen LogP contribution is -2.50. The average Bonchev–Trinajstić information content (AvgIpc) is 4.40. The molecular weight excluding hydrogens is 1030 g/mol. The SMILES string of the molecule is CC(C)(O)[C@H](F)CN1Cc2cc(NC(=O)c3cnn4cccnc34)c(N3CCN([C@@H]4CCOC4)CC3)cc2C1=O.CC(C)(O)[C@H](F)CN1Cc2cc(NC(=O)c3cnn4cccnc34)c(N3CCN([C@H]4CCOC4)CC3)cc2C1=O. The highest BCUT2D eigenvalue weighted by Gasteiger charge is 2.39. The lowest BCUT2D eigenvalue weighted by molar-refractivity contribution is -0.0163. The van der Waals surface area contributed by atoms with Crippen molar-refractivity contribution in [1.82, 2.24) is 48.8 Å². The molecule has 0 radical (unpaired) electrons. The highest BCUT2D eigenvalue weighted by molar-refractivity contribution is 6.11. The van der Waals surface area contributed by atoms with Gasteiger partial charge in [-0.2, -0.15) is 10.2 Å². The molecule has 6 aliphatic rings. The second kappa shape index (κ2) is 22.4. The lowest BCUT2D eigenvalue weighted by atomic mass is 10.0.